The van der Waals surface area contributed by atoms with Gasteiger partial charge in [0.2, 0.25) is 0 Å². The molecule has 0 amide bonds. The van der Waals surface area contributed by atoms with E-state index in [1.54, 1.807) is 0 Å². The first-order valence-corrected chi connectivity index (χ1v) is 10.7. The second kappa shape index (κ2) is 7.64. The molecular formula is C22H28ClNO2. The molecular weight excluding hydrogens is 346 g/mol. The highest BCUT2D eigenvalue weighted by atomic mass is 35.5. The molecule has 0 radical (unpaired) electrons. The number of halogens is 1. The van der Waals surface area contributed by atoms with Crippen LogP contribution in [0.25, 0.3) is 11.0 Å². The number of unbranched alkanes of at least 4 members (excludes halogenated alkanes) is 3. The van der Waals surface area contributed by atoms with E-state index in [1.165, 1.54) is 36.1 Å². The SMILES string of the molecule is CCCCCCc1c(CCl)c2cc3c4c(c2oc1=O)CCCN4CCC3. The predicted molar refractivity (Wildman–Crippen MR) is 109 cm³/mol. The zero-order valence-electron chi connectivity index (χ0n) is 15.7. The first-order chi connectivity index (χ1) is 12.7. The summed E-state index contributed by atoms with van der Waals surface area (Å²) in [6.07, 6.45) is 9.80. The normalized spacial score (nSPS) is 16.2. The van der Waals surface area contributed by atoms with Gasteiger partial charge in [0.25, 0.3) is 0 Å². The molecule has 0 spiro atoms. The van der Waals surface area contributed by atoms with Gasteiger partial charge in [0.05, 0.1) is 0 Å². The molecule has 0 atom stereocenters. The van der Waals surface area contributed by atoms with Crippen LogP contribution in [0.3, 0.4) is 0 Å². The molecule has 0 saturated carbocycles. The van der Waals surface area contributed by atoms with Crippen molar-refractivity contribution in [1.82, 2.24) is 0 Å². The van der Waals surface area contributed by atoms with Crippen LogP contribution >= 0.6 is 11.6 Å². The summed E-state index contributed by atoms with van der Waals surface area (Å²) >= 11 is 6.35. The molecule has 2 aliphatic rings. The Morgan fingerprint density at radius 1 is 1.12 bits per heavy atom. The van der Waals surface area contributed by atoms with E-state index in [9.17, 15) is 4.79 Å². The fourth-order valence-corrected chi connectivity index (χ4v) is 5.05. The van der Waals surface area contributed by atoms with E-state index in [4.69, 9.17) is 16.0 Å². The Morgan fingerprint density at radius 3 is 2.69 bits per heavy atom. The van der Waals surface area contributed by atoms with Gasteiger partial charge in [0.15, 0.2) is 0 Å². The number of rotatable bonds is 6. The topological polar surface area (TPSA) is 33.5 Å². The number of hydrogen-bond donors (Lipinski definition) is 0. The van der Waals surface area contributed by atoms with E-state index in [2.05, 4.69) is 17.9 Å². The van der Waals surface area contributed by atoms with Gasteiger partial charge in [-0.05, 0) is 55.7 Å². The van der Waals surface area contributed by atoms with Crippen molar-refractivity contribution < 1.29 is 4.42 Å². The Morgan fingerprint density at radius 2 is 1.92 bits per heavy atom. The average molecular weight is 374 g/mol. The third-order valence-electron chi connectivity index (χ3n) is 6.02. The zero-order chi connectivity index (χ0) is 18.1. The molecule has 4 heteroatoms. The van der Waals surface area contributed by atoms with Crippen molar-refractivity contribution in [3.63, 3.8) is 0 Å². The first kappa shape index (κ1) is 17.9. The summed E-state index contributed by atoms with van der Waals surface area (Å²) < 4.78 is 5.92. The van der Waals surface area contributed by atoms with E-state index >= 15 is 0 Å². The lowest BCUT2D eigenvalue weighted by Crippen LogP contribution is -2.34. The highest BCUT2D eigenvalue weighted by Gasteiger charge is 2.28. The third kappa shape index (κ3) is 3.05. The number of aryl methyl sites for hydroxylation is 2. The summed E-state index contributed by atoms with van der Waals surface area (Å²) in [6.45, 7) is 4.44. The molecule has 0 fully saturated rings. The second-order valence-electron chi connectivity index (χ2n) is 7.72. The number of fused-ring (bicyclic) bond motifs is 2. The van der Waals surface area contributed by atoms with Crippen LogP contribution in [-0.2, 0) is 25.1 Å². The van der Waals surface area contributed by atoms with Crippen LogP contribution in [-0.4, -0.2) is 13.1 Å². The van der Waals surface area contributed by atoms with Crippen molar-refractivity contribution >= 4 is 28.3 Å². The van der Waals surface area contributed by atoms with Crippen LogP contribution in [0.4, 0.5) is 5.69 Å². The van der Waals surface area contributed by atoms with Gasteiger partial charge in [-0.15, -0.1) is 11.6 Å². The summed E-state index contributed by atoms with van der Waals surface area (Å²) in [5.41, 5.74) is 6.44. The summed E-state index contributed by atoms with van der Waals surface area (Å²) in [7, 11) is 0. The fraction of sp³-hybridized carbons (Fsp3) is 0.591. The van der Waals surface area contributed by atoms with E-state index in [1.807, 2.05) is 0 Å². The number of nitrogens with zero attached hydrogens (tertiary/aromatic N) is 1. The number of alkyl halides is 1. The molecule has 0 aliphatic carbocycles. The molecule has 3 nitrogen and oxygen atoms in total. The zero-order valence-corrected chi connectivity index (χ0v) is 16.5. The molecule has 3 heterocycles. The highest BCUT2D eigenvalue weighted by molar-refractivity contribution is 6.18. The number of hydrogen-bond acceptors (Lipinski definition) is 3. The lowest BCUT2D eigenvalue weighted by molar-refractivity contribution is 0.533. The quantitative estimate of drug-likeness (QED) is 0.388. The second-order valence-corrected chi connectivity index (χ2v) is 7.99. The number of anilines is 1. The Hall–Kier alpha value is -1.48. The van der Waals surface area contributed by atoms with E-state index in [0.717, 1.165) is 73.7 Å². The van der Waals surface area contributed by atoms with Crippen LogP contribution in [0.2, 0.25) is 0 Å². The van der Waals surface area contributed by atoms with Crippen molar-refractivity contribution in [3.8, 4) is 0 Å². The van der Waals surface area contributed by atoms with Crippen LogP contribution in [0, 0.1) is 0 Å². The van der Waals surface area contributed by atoms with Crippen molar-refractivity contribution in [3.05, 3.63) is 38.7 Å². The minimum Gasteiger partial charge on any atom is -0.422 e. The van der Waals surface area contributed by atoms with Gasteiger partial charge < -0.3 is 9.32 Å². The van der Waals surface area contributed by atoms with Gasteiger partial charge in [-0.2, -0.15) is 0 Å². The standard InChI is InChI=1S/C22H28ClNO2/c1-2-3-4-5-9-16-19(14-23)18-13-15-8-6-11-24-12-7-10-17(20(15)24)21(18)26-22(16)25/h13H,2-12,14H2,1H3. The Balaban J connectivity index is 1.85. The van der Waals surface area contributed by atoms with Crippen molar-refractivity contribution in [2.24, 2.45) is 0 Å². The Kier molecular flexibility index (Phi) is 5.26. The van der Waals surface area contributed by atoms with Gasteiger partial charge in [-0.25, -0.2) is 4.79 Å². The molecule has 0 saturated heterocycles. The molecule has 0 N–H and O–H groups in total. The maximum atomic E-state index is 12.8. The number of benzene rings is 1. The van der Waals surface area contributed by atoms with Crippen LogP contribution in [0.1, 0.15) is 67.7 Å². The molecule has 140 valence electrons. The maximum Gasteiger partial charge on any atom is 0.339 e. The molecule has 26 heavy (non-hydrogen) atoms. The molecule has 2 aliphatic heterocycles. The predicted octanol–water partition coefficient (Wildman–Crippen LogP) is 5.35. The maximum absolute atomic E-state index is 12.8. The molecule has 2 aromatic rings. The summed E-state index contributed by atoms with van der Waals surface area (Å²) in [4.78, 5) is 15.3. The lowest BCUT2D eigenvalue weighted by atomic mass is 9.88. The van der Waals surface area contributed by atoms with E-state index in [-0.39, 0.29) is 5.63 Å². The monoisotopic (exact) mass is 373 g/mol. The Labute approximate surface area is 160 Å². The molecule has 4 rings (SSSR count). The van der Waals surface area contributed by atoms with Gasteiger partial charge in [0.1, 0.15) is 5.58 Å². The third-order valence-corrected chi connectivity index (χ3v) is 6.28. The van der Waals surface area contributed by atoms with Crippen LogP contribution in [0.5, 0.6) is 0 Å². The van der Waals surface area contributed by atoms with E-state index in [0.29, 0.717) is 5.88 Å². The van der Waals surface area contributed by atoms with Crippen molar-refractivity contribution in [2.75, 3.05) is 18.0 Å². The van der Waals surface area contributed by atoms with Crippen molar-refractivity contribution in [2.45, 2.75) is 70.6 Å². The summed E-state index contributed by atoms with van der Waals surface area (Å²) in [5, 5.41) is 1.09. The Bertz CT molecular complexity index is 869. The molecule has 1 aromatic heterocycles. The van der Waals surface area contributed by atoms with Gasteiger partial charge in [0, 0.05) is 41.2 Å². The highest BCUT2D eigenvalue weighted by Crippen LogP contribution is 2.41. The molecule has 0 bridgehead atoms. The largest absolute Gasteiger partial charge is 0.422 e. The van der Waals surface area contributed by atoms with Crippen LogP contribution < -0.4 is 10.5 Å². The van der Waals surface area contributed by atoms with Crippen LogP contribution in [0.15, 0.2) is 15.3 Å². The molecule has 1 aromatic carbocycles. The van der Waals surface area contributed by atoms with Crippen molar-refractivity contribution in [1.29, 1.82) is 0 Å². The van der Waals surface area contributed by atoms with Gasteiger partial charge in [-0.3, -0.25) is 0 Å². The minimum absolute atomic E-state index is 0.172. The van der Waals surface area contributed by atoms with Gasteiger partial charge >= 0.3 is 5.63 Å². The minimum atomic E-state index is -0.172. The first-order valence-electron chi connectivity index (χ1n) is 10.2. The molecule has 0 unspecified atom stereocenters. The summed E-state index contributed by atoms with van der Waals surface area (Å²) in [5.74, 6) is 0.382. The van der Waals surface area contributed by atoms with E-state index < -0.39 is 0 Å². The van der Waals surface area contributed by atoms with Gasteiger partial charge in [-0.1, -0.05) is 26.2 Å². The lowest BCUT2D eigenvalue weighted by Gasteiger charge is -2.37. The smallest absolute Gasteiger partial charge is 0.339 e. The average Bonchev–Trinajstić information content (AvgIpc) is 2.66. The summed E-state index contributed by atoms with van der Waals surface area (Å²) in [6, 6.07) is 2.27. The fourth-order valence-electron chi connectivity index (χ4n) is 4.75.